The van der Waals surface area contributed by atoms with Crippen molar-refractivity contribution in [1.82, 2.24) is 5.43 Å². The number of carbonyl (C=O) groups is 1. The van der Waals surface area contributed by atoms with Gasteiger partial charge in [0.1, 0.15) is 11.5 Å². The van der Waals surface area contributed by atoms with Gasteiger partial charge < -0.3 is 9.84 Å². The van der Waals surface area contributed by atoms with E-state index in [9.17, 15) is 20.0 Å². The van der Waals surface area contributed by atoms with Gasteiger partial charge in [0.25, 0.3) is 11.6 Å². The van der Waals surface area contributed by atoms with Crippen LogP contribution in [0.2, 0.25) is 0 Å². The number of nitrogens with one attached hydrogen (secondary N) is 1. The zero-order chi connectivity index (χ0) is 18.2. The molecule has 1 amide bonds. The number of nitro benzene ring substituents is 1. The second kappa shape index (κ2) is 8.44. The molecule has 0 atom stereocenters. The molecule has 0 aliphatic carbocycles. The largest absolute Gasteiger partial charge is 0.507 e. The molecule has 0 spiro atoms. The molecule has 2 N–H and O–H groups in total. The van der Waals surface area contributed by atoms with Crippen LogP contribution in [0.4, 0.5) is 5.69 Å². The molecule has 0 fully saturated rings. The van der Waals surface area contributed by atoms with E-state index in [-0.39, 0.29) is 23.6 Å². The van der Waals surface area contributed by atoms with Crippen LogP contribution in [0.5, 0.6) is 11.5 Å². The molecule has 0 aromatic heterocycles. The first-order chi connectivity index (χ1) is 12.0. The number of nitro groups is 1. The molecule has 0 aliphatic heterocycles. The Morgan fingerprint density at radius 2 is 2.04 bits per heavy atom. The third-order valence-corrected chi connectivity index (χ3v) is 3.32. The topological polar surface area (TPSA) is 114 Å². The molecule has 130 valence electrons. The van der Waals surface area contributed by atoms with Gasteiger partial charge in [0.05, 0.1) is 11.1 Å². The van der Waals surface area contributed by atoms with E-state index in [1.165, 1.54) is 12.1 Å². The smallest absolute Gasteiger partial charge is 0.277 e. The number of aryl methyl sites for hydroxylation is 1. The first-order valence-electron chi connectivity index (χ1n) is 7.50. The number of rotatable bonds is 7. The summed E-state index contributed by atoms with van der Waals surface area (Å²) in [6.07, 6.45) is 2.04. The quantitative estimate of drug-likeness (QED) is 0.455. The normalized spacial score (nSPS) is 10.6. The number of carbonyl (C=O) groups excluding carboxylic acids is 1. The highest BCUT2D eigenvalue weighted by Crippen LogP contribution is 2.21. The fraction of sp³-hybridized carbons (Fsp3) is 0.176. The number of phenols is 1. The predicted molar refractivity (Wildman–Crippen MR) is 91.8 cm³/mol. The van der Waals surface area contributed by atoms with Crippen LogP contribution in [0, 0.1) is 10.1 Å². The third-order valence-electron chi connectivity index (χ3n) is 3.32. The van der Waals surface area contributed by atoms with Crippen LogP contribution in [-0.4, -0.2) is 28.8 Å². The Labute approximate surface area is 143 Å². The van der Waals surface area contributed by atoms with Gasteiger partial charge in [-0.2, -0.15) is 5.10 Å². The summed E-state index contributed by atoms with van der Waals surface area (Å²) in [5.41, 5.74) is 3.32. The van der Waals surface area contributed by atoms with Gasteiger partial charge in [-0.3, -0.25) is 14.9 Å². The molecule has 0 saturated carbocycles. The lowest BCUT2D eigenvalue weighted by Gasteiger charge is -2.05. The Hall–Kier alpha value is -3.42. The standard InChI is InChI=1S/C17H17N3O5/c1-2-12-3-6-15(7-4-12)25-11-17(22)19-18-10-13-9-14(20(23)24)5-8-16(13)21/h3-10,21H,2,11H2,1H3,(H,19,22)/b18-10+. The van der Waals surface area contributed by atoms with Gasteiger partial charge in [0, 0.05) is 17.7 Å². The number of hydrogen-bond donors (Lipinski definition) is 2. The van der Waals surface area contributed by atoms with Crippen LogP contribution in [-0.2, 0) is 11.2 Å². The number of hydrogen-bond acceptors (Lipinski definition) is 6. The van der Waals surface area contributed by atoms with E-state index in [1.807, 2.05) is 19.1 Å². The summed E-state index contributed by atoms with van der Waals surface area (Å²) in [4.78, 5) is 21.8. The molecule has 0 saturated heterocycles. The second-order valence-corrected chi connectivity index (χ2v) is 5.08. The summed E-state index contributed by atoms with van der Waals surface area (Å²) < 4.78 is 5.32. The molecule has 25 heavy (non-hydrogen) atoms. The summed E-state index contributed by atoms with van der Waals surface area (Å²) >= 11 is 0. The SMILES string of the molecule is CCc1ccc(OCC(=O)N/N=C/c2cc([N+](=O)[O-])ccc2O)cc1. The highest BCUT2D eigenvalue weighted by atomic mass is 16.6. The molecule has 8 heteroatoms. The molecule has 2 aromatic rings. The van der Waals surface area contributed by atoms with Crippen LogP contribution in [0.25, 0.3) is 0 Å². The lowest BCUT2D eigenvalue weighted by Crippen LogP contribution is -2.24. The van der Waals surface area contributed by atoms with Crippen molar-refractivity contribution >= 4 is 17.8 Å². The van der Waals surface area contributed by atoms with Crippen LogP contribution in [0.15, 0.2) is 47.6 Å². The first kappa shape index (κ1) is 17.9. The Morgan fingerprint density at radius 3 is 2.68 bits per heavy atom. The third kappa shape index (κ3) is 5.31. The fourth-order valence-electron chi connectivity index (χ4n) is 1.94. The summed E-state index contributed by atoms with van der Waals surface area (Å²) in [5, 5.41) is 24.0. The minimum Gasteiger partial charge on any atom is -0.507 e. The maximum atomic E-state index is 11.7. The molecular formula is C17H17N3O5. The van der Waals surface area contributed by atoms with E-state index in [4.69, 9.17) is 4.74 Å². The number of amides is 1. The number of benzene rings is 2. The summed E-state index contributed by atoms with van der Waals surface area (Å²) in [7, 11) is 0. The molecular weight excluding hydrogens is 326 g/mol. The lowest BCUT2D eigenvalue weighted by atomic mass is 10.2. The van der Waals surface area contributed by atoms with Gasteiger partial charge in [-0.15, -0.1) is 0 Å². The molecule has 8 nitrogen and oxygen atoms in total. The molecule has 2 rings (SSSR count). The van der Waals surface area contributed by atoms with Gasteiger partial charge in [-0.25, -0.2) is 5.43 Å². The van der Waals surface area contributed by atoms with Crippen molar-refractivity contribution in [3.05, 3.63) is 63.7 Å². The zero-order valence-electron chi connectivity index (χ0n) is 13.5. The van der Waals surface area contributed by atoms with Crippen LogP contribution in [0.3, 0.4) is 0 Å². The minimum atomic E-state index is -0.590. The van der Waals surface area contributed by atoms with Crippen LogP contribution < -0.4 is 10.2 Å². The van der Waals surface area contributed by atoms with Crippen molar-refractivity contribution in [1.29, 1.82) is 0 Å². The number of non-ortho nitro benzene ring substituents is 1. The summed E-state index contributed by atoms with van der Waals surface area (Å²) in [6, 6.07) is 10.9. The van der Waals surface area contributed by atoms with Crippen LogP contribution in [0.1, 0.15) is 18.1 Å². The minimum absolute atomic E-state index is 0.116. The number of aromatic hydroxyl groups is 1. The Morgan fingerprint density at radius 1 is 1.32 bits per heavy atom. The molecule has 0 bridgehead atoms. The van der Waals surface area contributed by atoms with Gasteiger partial charge in [-0.1, -0.05) is 19.1 Å². The Kier molecular flexibility index (Phi) is 6.05. The van der Waals surface area contributed by atoms with Gasteiger partial charge in [0.15, 0.2) is 6.61 Å². The van der Waals surface area contributed by atoms with E-state index >= 15 is 0 Å². The molecule has 0 radical (unpaired) electrons. The number of nitrogens with zero attached hydrogens (tertiary/aromatic N) is 2. The number of hydrazone groups is 1. The average Bonchev–Trinajstić information content (AvgIpc) is 2.61. The fourth-order valence-corrected chi connectivity index (χ4v) is 1.94. The van der Waals surface area contributed by atoms with Gasteiger partial charge in [-0.05, 0) is 30.2 Å². The Bertz CT molecular complexity index is 787. The van der Waals surface area contributed by atoms with Crippen molar-refractivity contribution < 1.29 is 19.6 Å². The van der Waals surface area contributed by atoms with E-state index in [0.29, 0.717) is 5.75 Å². The first-order valence-corrected chi connectivity index (χ1v) is 7.50. The summed E-state index contributed by atoms with van der Waals surface area (Å²) in [5.74, 6) is -0.121. The van der Waals surface area contributed by atoms with E-state index in [2.05, 4.69) is 10.5 Å². The van der Waals surface area contributed by atoms with Crippen molar-refractivity contribution in [2.24, 2.45) is 5.10 Å². The molecule has 2 aromatic carbocycles. The number of ether oxygens (including phenoxy) is 1. The molecule has 0 heterocycles. The van der Waals surface area contributed by atoms with Crippen molar-refractivity contribution in [3.8, 4) is 11.5 Å². The zero-order valence-corrected chi connectivity index (χ0v) is 13.5. The van der Waals surface area contributed by atoms with E-state index in [0.717, 1.165) is 24.3 Å². The van der Waals surface area contributed by atoms with Crippen molar-refractivity contribution in [2.45, 2.75) is 13.3 Å². The van der Waals surface area contributed by atoms with Crippen molar-refractivity contribution in [2.75, 3.05) is 6.61 Å². The van der Waals surface area contributed by atoms with E-state index < -0.39 is 10.8 Å². The maximum absolute atomic E-state index is 11.7. The second-order valence-electron chi connectivity index (χ2n) is 5.08. The summed E-state index contributed by atoms with van der Waals surface area (Å²) in [6.45, 7) is 1.81. The Balaban J connectivity index is 1.87. The maximum Gasteiger partial charge on any atom is 0.277 e. The highest BCUT2D eigenvalue weighted by molar-refractivity contribution is 5.86. The lowest BCUT2D eigenvalue weighted by molar-refractivity contribution is -0.384. The van der Waals surface area contributed by atoms with Gasteiger partial charge >= 0.3 is 0 Å². The average molecular weight is 343 g/mol. The highest BCUT2D eigenvalue weighted by Gasteiger charge is 2.09. The molecule has 0 unspecified atom stereocenters. The number of phenolic OH excluding ortho intramolecular Hbond substituents is 1. The van der Waals surface area contributed by atoms with E-state index in [1.54, 1.807) is 12.1 Å². The molecule has 0 aliphatic rings. The van der Waals surface area contributed by atoms with Gasteiger partial charge in [0.2, 0.25) is 0 Å². The monoisotopic (exact) mass is 343 g/mol. The van der Waals surface area contributed by atoms with Crippen LogP contribution >= 0.6 is 0 Å². The van der Waals surface area contributed by atoms with Crippen molar-refractivity contribution in [3.63, 3.8) is 0 Å². The predicted octanol–water partition coefficient (Wildman–Crippen LogP) is 2.39.